The van der Waals surface area contributed by atoms with E-state index in [4.69, 9.17) is 0 Å². The Hall–Kier alpha value is -0.760. The highest BCUT2D eigenvalue weighted by Crippen LogP contribution is 2.21. The molecule has 1 saturated heterocycles. The van der Waals surface area contributed by atoms with Crippen molar-refractivity contribution in [1.29, 1.82) is 0 Å². The maximum absolute atomic E-state index is 12.4. The molecule has 1 aromatic rings. The van der Waals surface area contributed by atoms with Gasteiger partial charge in [0, 0.05) is 41.4 Å². The second kappa shape index (κ2) is 5.55. The van der Waals surface area contributed by atoms with Crippen molar-refractivity contribution in [2.24, 2.45) is 0 Å². The molecular weight excluding hydrogens is 296 g/mol. The third-order valence-electron chi connectivity index (χ3n) is 3.83. The second-order valence-electron chi connectivity index (χ2n) is 5.28. The average molecular weight is 314 g/mol. The summed E-state index contributed by atoms with van der Waals surface area (Å²) in [5.74, 6) is 1.17. The summed E-state index contributed by atoms with van der Waals surface area (Å²) in [6, 6.07) is 5.19. The fourth-order valence-corrected chi connectivity index (χ4v) is 5.29. The molecular formula is C13H18N2O3S2. The first-order valence-corrected chi connectivity index (χ1v) is 9.71. The van der Waals surface area contributed by atoms with E-state index in [1.807, 2.05) is 6.07 Å². The minimum absolute atomic E-state index is 0.0934. The summed E-state index contributed by atoms with van der Waals surface area (Å²) in [4.78, 5) is 0.326. The molecule has 2 N–H and O–H groups in total. The molecule has 3 rings (SSSR count). The molecule has 2 aliphatic rings. The van der Waals surface area contributed by atoms with Gasteiger partial charge in [-0.1, -0.05) is 6.07 Å². The van der Waals surface area contributed by atoms with Gasteiger partial charge in [0.1, 0.15) is 0 Å². The van der Waals surface area contributed by atoms with Gasteiger partial charge in [0.2, 0.25) is 10.0 Å². The van der Waals surface area contributed by atoms with Crippen LogP contribution in [-0.2, 0) is 33.9 Å². The topological polar surface area (TPSA) is 75.3 Å². The summed E-state index contributed by atoms with van der Waals surface area (Å²) in [5.41, 5.74) is 2.22. The van der Waals surface area contributed by atoms with Crippen LogP contribution in [0, 0.1) is 0 Å². The first-order valence-electron chi connectivity index (χ1n) is 6.74. The highest BCUT2D eigenvalue weighted by Gasteiger charge is 2.25. The van der Waals surface area contributed by atoms with E-state index < -0.39 is 20.8 Å². The summed E-state index contributed by atoms with van der Waals surface area (Å²) in [7, 11) is -4.25. The number of hydrogen-bond donors (Lipinski definition) is 2. The van der Waals surface area contributed by atoms with Crippen molar-refractivity contribution < 1.29 is 12.6 Å². The van der Waals surface area contributed by atoms with Crippen molar-refractivity contribution in [2.45, 2.75) is 36.9 Å². The van der Waals surface area contributed by atoms with Crippen LogP contribution in [0.3, 0.4) is 0 Å². The zero-order valence-corrected chi connectivity index (χ0v) is 12.7. The lowest BCUT2D eigenvalue weighted by Crippen LogP contribution is -2.39. The molecule has 0 saturated carbocycles. The molecule has 0 amide bonds. The SMILES string of the molecule is O=S1CCC(NS(=O)(=O)c2ccc3c(c2)CNC3)CC1. The normalized spacial score (nSPS) is 26.4. The van der Waals surface area contributed by atoms with Crippen LogP contribution in [0.2, 0.25) is 0 Å². The number of benzene rings is 1. The van der Waals surface area contributed by atoms with Crippen LogP contribution in [0.5, 0.6) is 0 Å². The molecule has 0 bridgehead atoms. The summed E-state index contributed by atoms with van der Waals surface area (Å²) in [6.45, 7) is 1.53. The average Bonchev–Trinajstić information content (AvgIpc) is 2.88. The van der Waals surface area contributed by atoms with Crippen LogP contribution < -0.4 is 10.0 Å². The van der Waals surface area contributed by atoms with E-state index in [1.165, 1.54) is 0 Å². The number of sulfonamides is 1. The van der Waals surface area contributed by atoms with Crippen LogP contribution >= 0.6 is 0 Å². The Bertz CT molecular complexity index is 633. The van der Waals surface area contributed by atoms with Crippen LogP contribution in [0.1, 0.15) is 24.0 Å². The summed E-state index contributed by atoms with van der Waals surface area (Å²) in [6.07, 6.45) is 1.30. The summed E-state index contributed by atoms with van der Waals surface area (Å²) in [5, 5.41) is 3.20. The molecule has 110 valence electrons. The smallest absolute Gasteiger partial charge is 0.240 e. The molecule has 0 atom stereocenters. The Kier molecular flexibility index (Phi) is 3.94. The molecule has 1 fully saturated rings. The lowest BCUT2D eigenvalue weighted by atomic mass is 10.1. The predicted octanol–water partition coefficient (Wildman–Crippen LogP) is 0.479. The minimum atomic E-state index is -3.48. The second-order valence-corrected chi connectivity index (χ2v) is 8.69. The van der Waals surface area contributed by atoms with Crippen molar-refractivity contribution in [3.63, 3.8) is 0 Å². The van der Waals surface area contributed by atoms with Crippen LogP contribution in [0.4, 0.5) is 0 Å². The van der Waals surface area contributed by atoms with Crippen molar-refractivity contribution in [3.8, 4) is 0 Å². The molecule has 2 heterocycles. The maximum atomic E-state index is 12.4. The summed E-state index contributed by atoms with van der Waals surface area (Å²) < 4.78 is 38.8. The third kappa shape index (κ3) is 2.95. The number of nitrogens with one attached hydrogen (secondary N) is 2. The van der Waals surface area contributed by atoms with Gasteiger partial charge in [-0.15, -0.1) is 0 Å². The Morgan fingerprint density at radius 1 is 1.15 bits per heavy atom. The van der Waals surface area contributed by atoms with Gasteiger partial charge in [-0.05, 0) is 36.1 Å². The number of hydrogen-bond acceptors (Lipinski definition) is 4. The van der Waals surface area contributed by atoms with E-state index in [1.54, 1.807) is 12.1 Å². The van der Waals surface area contributed by atoms with E-state index in [9.17, 15) is 12.6 Å². The van der Waals surface area contributed by atoms with Gasteiger partial charge in [-0.3, -0.25) is 4.21 Å². The predicted molar refractivity (Wildman–Crippen MR) is 78.2 cm³/mol. The molecule has 0 spiro atoms. The highest BCUT2D eigenvalue weighted by atomic mass is 32.2. The molecule has 0 aliphatic carbocycles. The lowest BCUT2D eigenvalue weighted by molar-refractivity contribution is 0.522. The number of rotatable bonds is 3. The van der Waals surface area contributed by atoms with Crippen LogP contribution in [-0.4, -0.2) is 30.2 Å². The van der Waals surface area contributed by atoms with Crippen molar-refractivity contribution in [2.75, 3.05) is 11.5 Å². The van der Waals surface area contributed by atoms with E-state index in [2.05, 4.69) is 10.0 Å². The van der Waals surface area contributed by atoms with Gasteiger partial charge in [-0.2, -0.15) is 0 Å². The summed E-state index contributed by atoms with van der Waals surface area (Å²) >= 11 is 0. The Morgan fingerprint density at radius 2 is 1.85 bits per heavy atom. The Morgan fingerprint density at radius 3 is 2.60 bits per heavy atom. The van der Waals surface area contributed by atoms with Gasteiger partial charge in [0.05, 0.1) is 4.90 Å². The Labute approximate surface area is 121 Å². The fourth-order valence-electron chi connectivity index (χ4n) is 2.64. The molecule has 1 aromatic carbocycles. The van der Waals surface area contributed by atoms with E-state index >= 15 is 0 Å². The molecule has 0 radical (unpaired) electrons. The van der Waals surface area contributed by atoms with E-state index in [0.717, 1.165) is 24.2 Å². The first-order chi connectivity index (χ1) is 9.54. The third-order valence-corrected chi connectivity index (χ3v) is 6.73. The van der Waals surface area contributed by atoms with Gasteiger partial charge in [0.15, 0.2) is 0 Å². The van der Waals surface area contributed by atoms with Crippen LogP contribution in [0.15, 0.2) is 23.1 Å². The molecule has 20 heavy (non-hydrogen) atoms. The van der Waals surface area contributed by atoms with Gasteiger partial charge in [0.25, 0.3) is 0 Å². The van der Waals surface area contributed by atoms with Gasteiger partial charge in [-0.25, -0.2) is 13.1 Å². The molecule has 7 heteroatoms. The molecule has 5 nitrogen and oxygen atoms in total. The quantitative estimate of drug-likeness (QED) is 0.851. The maximum Gasteiger partial charge on any atom is 0.240 e. The van der Waals surface area contributed by atoms with Gasteiger partial charge >= 0.3 is 0 Å². The molecule has 0 unspecified atom stereocenters. The zero-order valence-electron chi connectivity index (χ0n) is 11.1. The minimum Gasteiger partial charge on any atom is -0.309 e. The fraction of sp³-hybridized carbons (Fsp3) is 0.538. The van der Waals surface area contributed by atoms with E-state index in [0.29, 0.717) is 29.2 Å². The molecule has 2 aliphatic heterocycles. The van der Waals surface area contributed by atoms with Crippen molar-refractivity contribution in [1.82, 2.24) is 10.0 Å². The molecule has 0 aromatic heterocycles. The zero-order chi connectivity index (χ0) is 14.2. The van der Waals surface area contributed by atoms with Gasteiger partial charge < -0.3 is 5.32 Å². The largest absolute Gasteiger partial charge is 0.309 e. The van der Waals surface area contributed by atoms with Crippen LogP contribution in [0.25, 0.3) is 0 Å². The highest BCUT2D eigenvalue weighted by molar-refractivity contribution is 7.89. The lowest BCUT2D eigenvalue weighted by Gasteiger charge is -2.22. The monoisotopic (exact) mass is 314 g/mol. The standard InChI is InChI=1S/C13H18N2O3S2/c16-19-5-3-12(4-6-19)15-20(17,18)13-2-1-10-8-14-9-11(10)7-13/h1-2,7,12,14-15H,3-6,8-9H2. The van der Waals surface area contributed by atoms with Crippen molar-refractivity contribution in [3.05, 3.63) is 29.3 Å². The van der Waals surface area contributed by atoms with Crippen molar-refractivity contribution >= 4 is 20.8 Å². The van der Waals surface area contributed by atoms with E-state index in [-0.39, 0.29) is 6.04 Å². The first kappa shape index (κ1) is 14.2. The number of fused-ring (bicyclic) bond motifs is 1. The Balaban J connectivity index is 1.76.